The minimum Gasteiger partial charge on any atom is -0.405 e. The average molecular weight is 581 g/mol. The molecule has 0 saturated carbocycles. The van der Waals surface area contributed by atoms with E-state index >= 15 is 0 Å². The Hall–Kier alpha value is -0.773. The zero-order valence-corrected chi connectivity index (χ0v) is 23.4. The van der Waals surface area contributed by atoms with E-state index in [1.807, 2.05) is 0 Å². The zero-order valence-electron chi connectivity index (χ0n) is 20.3. The van der Waals surface area contributed by atoms with E-state index in [4.69, 9.17) is 18.6 Å². The van der Waals surface area contributed by atoms with Crippen molar-refractivity contribution in [1.82, 2.24) is 0 Å². The van der Waals surface area contributed by atoms with Crippen LogP contribution in [0.15, 0.2) is 60.7 Å². The highest BCUT2D eigenvalue weighted by molar-refractivity contribution is 14.1. The Bertz CT molecular complexity index is 848. The van der Waals surface area contributed by atoms with Crippen LogP contribution in [0.3, 0.4) is 0 Å². The van der Waals surface area contributed by atoms with Gasteiger partial charge in [-0.05, 0) is 41.1 Å². The van der Waals surface area contributed by atoms with Crippen LogP contribution in [0.2, 0.25) is 5.04 Å². The van der Waals surface area contributed by atoms with Gasteiger partial charge in [-0.15, -0.1) is 0 Å². The molecule has 0 aliphatic carbocycles. The Labute approximate surface area is 213 Å². The summed E-state index contributed by atoms with van der Waals surface area (Å²) in [4.78, 5) is 0. The molecule has 2 aromatic carbocycles. The van der Waals surface area contributed by atoms with Crippen molar-refractivity contribution in [3.05, 3.63) is 60.7 Å². The predicted octanol–water partition coefficient (Wildman–Crippen LogP) is 5.07. The van der Waals surface area contributed by atoms with E-state index in [9.17, 15) is 0 Å². The first kappa shape index (κ1) is 25.3. The van der Waals surface area contributed by atoms with Gasteiger partial charge in [0.15, 0.2) is 0 Å². The molecular weight excluding hydrogens is 543 g/mol. The summed E-state index contributed by atoms with van der Waals surface area (Å²) in [5, 5.41) is 2.54. The summed E-state index contributed by atoms with van der Waals surface area (Å²) in [6, 6.07) is 21.6. The fraction of sp³-hybridized carbons (Fsp3) is 0.556. The lowest BCUT2D eigenvalue weighted by Crippen LogP contribution is -2.68. The molecule has 6 heteroatoms. The molecule has 2 aliphatic rings. The average Bonchev–Trinajstić information content (AvgIpc) is 2.82. The Morgan fingerprint density at radius 3 is 2.09 bits per heavy atom. The highest BCUT2D eigenvalue weighted by atomic mass is 127. The second-order valence-corrected chi connectivity index (χ2v) is 16.0. The summed E-state index contributed by atoms with van der Waals surface area (Å²) in [7, 11) is -0.816. The number of rotatable bonds is 6. The lowest BCUT2D eigenvalue weighted by atomic mass is 9.92. The third-order valence-electron chi connectivity index (χ3n) is 7.10. The van der Waals surface area contributed by atoms with Crippen molar-refractivity contribution >= 4 is 41.3 Å². The Balaban J connectivity index is 1.65. The largest absolute Gasteiger partial charge is 0.405 e. The van der Waals surface area contributed by atoms with Crippen LogP contribution in [0.25, 0.3) is 0 Å². The van der Waals surface area contributed by atoms with Gasteiger partial charge in [0.1, 0.15) is 6.10 Å². The van der Waals surface area contributed by atoms with Gasteiger partial charge in [-0.3, -0.25) is 0 Å². The van der Waals surface area contributed by atoms with E-state index in [1.165, 1.54) is 10.4 Å². The van der Waals surface area contributed by atoms with Crippen LogP contribution in [-0.2, 0) is 18.6 Å². The van der Waals surface area contributed by atoms with Crippen molar-refractivity contribution < 1.29 is 18.6 Å². The fourth-order valence-corrected chi connectivity index (χ4v) is 11.3. The molecular formula is C27H37IO4Si. The van der Waals surface area contributed by atoms with E-state index in [1.54, 1.807) is 7.11 Å². The van der Waals surface area contributed by atoms with Gasteiger partial charge >= 0.3 is 0 Å². The zero-order chi connectivity index (χ0) is 23.5. The highest BCUT2D eigenvalue weighted by Gasteiger charge is 2.55. The van der Waals surface area contributed by atoms with Crippen molar-refractivity contribution in [1.29, 1.82) is 0 Å². The standard InChI is InChI=1S/C27H37IO4Si/c1-26(2,3)33(22-12-7-5-8-13-22,23-14-9-6-10-15-23)31-20-21-17-18-25(29-4)27(32-21)24(28)16-11-19-30-27/h5-10,12-15,21,24-25H,11,16-20H2,1-4H3/t21-,24-,25+,27-/m0/s1. The van der Waals surface area contributed by atoms with Crippen molar-refractivity contribution in [3.63, 3.8) is 0 Å². The van der Waals surface area contributed by atoms with Crippen LogP contribution in [0, 0.1) is 0 Å². The van der Waals surface area contributed by atoms with Crippen LogP contribution < -0.4 is 10.4 Å². The summed E-state index contributed by atoms with van der Waals surface area (Å²) >= 11 is 2.49. The summed E-state index contributed by atoms with van der Waals surface area (Å²) in [6.45, 7) is 8.22. The highest BCUT2D eigenvalue weighted by Crippen LogP contribution is 2.43. The first-order chi connectivity index (χ1) is 15.8. The van der Waals surface area contributed by atoms with Gasteiger partial charge in [-0.1, -0.05) is 104 Å². The molecule has 0 radical (unpaired) electrons. The topological polar surface area (TPSA) is 36.9 Å². The van der Waals surface area contributed by atoms with Crippen molar-refractivity contribution in [2.45, 2.75) is 73.4 Å². The van der Waals surface area contributed by atoms with Gasteiger partial charge < -0.3 is 18.6 Å². The number of hydrogen-bond donors (Lipinski definition) is 0. The minimum atomic E-state index is -2.59. The van der Waals surface area contributed by atoms with Gasteiger partial charge in [0.25, 0.3) is 8.32 Å². The summed E-state index contributed by atoms with van der Waals surface area (Å²) in [6.07, 6.45) is 3.93. The molecule has 4 atom stereocenters. The van der Waals surface area contributed by atoms with Crippen LogP contribution in [-0.4, -0.2) is 50.6 Å². The molecule has 33 heavy (non-hydrogen) atoms. The number of halogens is 1. The van der Waals surface area contributed by atoms with Gasteiger partial charge in [0, 0.05) is 7.11 Å². The number of ether oxygens (including phenoxy) is 3. The van der Waals surface area contributed by atoms with Crippen LogP contribution in [0.1, 0.15) is 46.5 Å². The smallest absolute Gasteiger partial charge is 0.261 e. The predicted molar refractivity (Wildman–Crippen MR) is 144 cm³/mol. The molecule has 0 N–H and O–H groups in total. The van der Waals surface area contributed by atoms with Crippen molar-refractivity contribution in [2.75, 3.05) is 20.3 Å². The molecule has 2 saturated heterocycles. The van der Waals surface area contributed by atoms with E-state index in [0.29, 0.717) is 6.61 Å². The number of alkyl halides is 1. The monoisotopic (exact) mass is 580 g/mol. The first-order valence-corrected chi connectivity index (χ1v) is 15.2. The number of hydrogen-bond acceptors (Lipinski definition) is 4. The number of methoxy groups -OCH3 is 1. The second kappa shape index (κ2) is 10.5. The fourth-order valence-electron chi connectivity index (χ4n) is 5.50. The van der Waals surface area contributed by atoms with Crippen LogP contribution >= 0.6 is 22.6 Å². The second-order valence-electron chi connectivity index (χ2n) is 10.2. The van der Waals surface area contributed by atoms with Gasteiger partial charge in [-0.25, -0.2) is 0 Å². The van der Waals surface area contributed by atoms with Crippen LogP contribution in [0.4, 0.5) is 0 Å². The maximum absolute atomic E-state index is 7.16. The molecule has 2 aliphatic heterocycles. The van der Waals surface area contributed by atoms with E-state index in [2.05, 4.69) is 104 Å². The third-order valence-corrected chi connectivity index (χ3v) is 13.6. The minimum absolute atomic E-state index is 0.0200. The molecule has 0 aromatic heterocycles. The molecule has 0 amide bonds. The molecule has 2 heterocycles. The first-order valence-electron chi connectivity index (χ1n) is 12.1. The van der Waals surface area contributed by atoms with E-state index < -0.39 is 14.1 Å². The Kier molecular flexibility index (Phi) is 8.03. The maximum Gasteiger partial charge on any atom is 0.261 e. The molecule has 180 valence electrons. The SMILES string of the molecule is CO[C@@H]1CC[C@@H](CO[Si](c2ccccc2)(c2ccccc2)C(C)(C)C)O[C@]12OCCC[C@@H]2I. The molecule has 0 bridgehead atoms. The maximum atomic E-state index is 7.16. The van der Waals surface area contributed by atoms with Crippen LogP contribution in [0.5, 0.6) is 0 Å². The number of benzene rings is 2. The molecule has 4 rings (SSSR count). The van der Waals surface area contributed by atoms with Crippen molar-refractivity contribution in [3.8, 4) is 0 Å². The molecule has 4 nitrogen and oxygen atoms in total. The van der Waals surface area contributed by atoms with E-state index in [0.717, 1.165) is 32.3 Å². The molecule has 1 spiro atoms. The van der Waals surface area contributed by atoms with Gasteiger partial charge in [-0.2, -0.15) is 0 Å². The Morgan fingerprint density at radius 1 is 0.970 bits per heavy atom. The van der Waals surface area contributed by atoms with Gasteiger partial charge in [0.05, 0.1) is 23.2 Å². The normalized spacial score (nSPS) is 28.7. The molecule has 2 aromatic rings. The quantitative estimate of drug-likeness (QED) is 0.272. The lowest BCUT2D eigenvalue weighted by Gasteiger charge is -2.51. The molecule has 2 fully saturated rings. The summed E-state index contributed by atoms with van der Waals surface area (Å²) in [5.41, 5.74) is 0. The van der Waals surface area contributed by atoms with Gasteiger partial charge in [0.2, 0.25) is 5.79 Å². The van der Waals surface area contributed by atoms with E-state index in [-0.39, 0.29) is 21.2 Å². The van der Waals surface area contributed by atoms with Crippen molar-refractivity contribution in [2.24, 2.45) is 0 Å². The lowest BCUT2D eigenvalue weighted by molar-refractivity contribution is -0.334. The summed E-state index contributed by atoms with van der Waals surface area (Å²) < 4.78 is 26.4. The third kappa shape index (κ3) is 4.84. The molecule has 0 unspecified atom stereocenters. The summed E-state index contributed by atoms with van der Waals surface area (Å²) in [5.74, 6) is -0.675. The Morgan fingerprint density at radius 2 is 1.58 bits per heavy atom.